The van der Waals surface area contributed by atoms with Gasteiger partial charge in [-0.25, -0.2) is 0 Å². The number of ether oxygens (including phenoxy) is 3. The smallest absolute Gasteiger partial charge is 0.173 e. The Bertz CT molecular complexity index is 795. The average molecular weight is 421 g/mol. The van der Waals surface area contributed by atoms with Gasteiger partial charge < -0.3 is 24.4 Å². The maximum Gasteiger partial charge on any atom is 0.173 e. The van der Waals surface area contributed by atoms with Gasteiger partial charge in [-0.15, -0.1) is 0 Å². The highest BCUT2D eigenvalue weighted by atomic mass is 35.5. The van der Waals surface area contributed by atoms with E-state index in [0.29, 0.717) is 23.2 Å². The summed E-state index contributed by atoms with van der Waals surface area (Å²) >= 11 is 11.7. The molecule has 1 saturated heterocycles. The van der Waals surface area contributed by atoms with Crippen molar-refractivity contribution in [2.24, 2.45) is 0 Å². The number of thiocarbonyl (C=S) groups is 1. The van der Waals surface area contributed by atoms with Crippen molar-refractivity contribution in [3.05, 3.63) is 53.1 Å². The molecule has 3 rings (SSSR count). The summed E-state index contributed by atoms with van der Waals surface area (Å²) in [5, 5.41) is 4.62. The summed E-state index contributed by atoms with van der Waals surface area (Å²) in [5.41, 5.74) is 1.89. The van der Waals surface area contributed by atoms with Gasteiger partial charge in [0.05, 0.1) is 20.3 Å². The van der Waals surface area contributed by atoms with Gasteiger partial charge in [-0.2, -0.15) is 0 Å². The fourth-order valence-corrected chi connectivity index (χ4v) is 3.58. The standard InChI is InChI=1S/C21H25ClN2O3S/c1-25-18-9-10-20(26-2)15(12-18)13-24(14-19-4-3-11-27-19)21(28)23-17-7-5-16(22)6-8-17/h5-10,12,19H,3-4,11,13-14H2,1-2H3,(H,23,28). The highest BCUT2D eigenvalue weighted by Gasteiger charge is 2.22. The van der Waals surface area contributed by atoms with Crippen LogP contribution in [0.1, 0.15) is 18.4 Å². The van der Waals surface area contributed by atoms with Crippen LogP contribution in [0, 0.1) is 0 Å². The molecule has 0 saturated carbocycles. The highest BCUT2D eigenvalue weighted by molar-refractivity contribution is 7.80. The topological polar surface area (TPSA) is 43.0 Å². The molecule has 0 spiro atoms. The van der Waals surface area contributed by atoms with Crippen molar-refractivity contribution < 1.29 is 14.2 Å². The summed E-state index contributed by atoms with van der Waals surface area (Å²) in [4.78, 5) is 2.11. The van der Waals surface area contributed by atoms with Gasteiger partial charge in [0.25, 0.3) is 0 Å². The number of nitrogens with one attached hydrogen (secondary N) is 1. The van der Waals surface area contributed by atoms with Crippen molar-refractivity contribution in [2.75, 3.05) is 32.7 Å². The van der Waals surface area contributed by atoms with Crippen LogP contribution < -0.4 is 14.8 Å². The maximum atomic E-state index is 5.98. The van der Waals surface area contributed by atoms with Gasteiger partial charge in [-0.05, 0) is 67.5 Å². The Morgan fingerprint density at radius 3 is 2.64 bits per heavy atom. The first kappa shape index (κ1) is 20.7. The predicted molar refractivity (Wildman–Crippen MR) is 117 cm³/mol. The monoisotopic (exact) mass is 420 g/mol. The third-order valence-electron chi connectivity index (χ3n) is 4.68. The van der Waals surface area contributed by atoms with Crippen molar-refractivity contribution in [3.8, 4) is 11.5 Å². The predicted octanol–water partition coefficient (Wildman–Crippen LogP) is 4.74. The first-order chi connectivity index (χ1) is 13.6. The molecule has 2 aromatic rings. The van der Waals surface area contributed by atoms with E-state index in [9.17, 15) is 0 Å². The third kappa shape index (κ3) is 5.50. The number of methoxy groups -OCH3 is 2. The second-order valence-electron chi connectivity index (χ2n) is 6.63. The summed E-state index contributed by atoms with van der Waals surface area (Å²) in [6.45, 7) is 2.10. The Hall–Kier alpha value is -2.02. The molecule has 1 heterocycles. The molecule has 1 fully saturated rings. The Kier molecular flexibility index (Phi) is 7.36. The molecule has 1 aliphatic rings. The number of hydrogen-bond acceptors (Lipinski definition) is 4. The Morgan fingerprint density at radius 2 is 2.00 bits per heavy atom. The number of hydrogen-bond donors (Lipinski definition) is 1. The largest absolute Gasteiger partial charge is 0.497 e. The van der Waals surface area contributed by atoms with E-state index in [1.165, 1.54) is 0 Å². The van der Waals surface area contributed by atoms with Crippen molar-refractivity contribution in [1.82, 2.24) is 4.90 Å². The van der Waals surface area contributed by atoms with Crippen LogP contribution in [0.5, 0.6) is 11.5 Å². The zero-order chi connectivity index (χ0) is 19.9. The molecule has 2 aromatic carbocycles. The van der Waals surface area contributed by atoms with Crippen molar-refractivity contribution >= 4 is 34.6 Å². The SMILES string of the molecule is COc1ccc(OC)c(CN(CC2CCCO2)C(=S)Nc2ccc(Cl)cc2)c1. The molecule has 1 atom stereocenters. The van der Waals surface area contributed by atoms with E-state index in [0.717, 1.165) is 42.2 Å². The minimum Gasteiger partial charge on any atom is -0.497 e. The number of benzene rings is 2. The van der Waals surface area contributed by atoms with Crippen LogP contribution in [0.25, 0.3) is 0 Å². The van der Waals surface area contributed by atoms with Crippen LogP contribution in [0.15, 0.2) is 42.5 Å². The molecule has 7 heteroatoms. The molecular formula is C21H25ClN2O3S. The molecule has 0 radical (unpaired) electrons. The van der Waals surface area contributed by atoms with Crippen LogP contribution in [-0.4, -0.2) is 43.5 Å². The minimum atomic E-state index is 0.168. The fourth-order valence-electron chi connectivity index (χ4n) is 3.20. The lowest BCUT2D eigenvalue weighted by atomic mass is 10.1. The molecule has 1 aliphatic heterocycles. The molecule has 0 amide bonds. The normalized spacial score (nSPS) is 15.9. The lowest BCUT2D eigenvalue weighted by molar-refractivity contribution is 0.0903. The molecule has 1 unspecified atom stereocenters. The van der Waals surface area contributed by atoms with Gasteiger partial charge in [0.15, 0.2) is 5.11 Å². The summed E-state index contributed by atoms with van der Waals surface area (Å²) in [6.07, 6.45) is 2.29. The van der Waals surface area contributed by atoms with Crippen LogP contribution in [0.3, 0.4) is 0 Å². The maximum absolute atomic E-state index is 5.98. The highest BCUT2D eigenvalue weighted by Crippen LogP contribution is 2.26. The van der Waals surface area contributed by atoms with Gasteiger partial charge >= 0.3 is 0 Å². The summed E-state index contributed by atoms with van der Waals surface area (Å²) in [7, 11) is 3.32. The number of rotatable bonds is 7. The van der Waals surface area contributed by atoms with E-state index >= 15 is 0 Å². The van der Waals surface area contributed by atoms with Crippen LogP contribution in [0.4, 0.5) is 5.69 Å². The second kappa shape index (κ2) is 9.96. The van der Waals surface area contributed by atoms with E-state index < -0.39 is 0 Å². The fraction of sp³-hybridized carbons (Fsp3) is 0.381. The minimum absolute atomic E-state index is 0.168. The molecule has 1 N–H and O–H groups in total. The summed E-state index contributed by atoms with van der Waals surface area (Å²) in [5.74, 6) is 1.58. The van der Waals surface area contributed by atoms with E-state index in [4.69, 9.17) is 38.0 Å². The zero-order valence-corrected chi connectivity index (χ0v) is 17.7. The van der Waals surface area contributed by atoms with E-state index in [1.807, 2.05) is 42.5 Å². The second-order valence-corrected chi connectivity index (χ2v) is 7.45. The Labute approximate surface area is 176 Å². The number of nitrogens with zero attached hydrogens (tertiary/aromatic N) is 1. The van der Waals surface area contributed by atoms with E-state index in [-0.39, 0.29) is 6.10 Å². The molecule has 0 aromatic heterocycles. The summed E-state index contributed by atoms with van der Waals surface area (Å²) in [6, 6.07) is 13.3. The van der Waals surface area contributed by atoms with E-state index in [1.54, 1.807) is 14.2 Å². The molecule has 5 nitrogen and oxygen atoms in total. The molecule has 0 bridgehead atoms. The van der Waals surface area contributed by atoms with Crippen molar-refractivity contribution in [3.63, 3.8) is 0 Å². The number of halogens is 1. The molecular weight excluding hydrogens is 396 g/mol. The van der Waals surface area contributed by atoms with Gasteiger partial charge in [-0.3, -0.25) is 0 Å². The van der Waals surface area contributed by atoms with Crippen LogP contribution >= 0.6 is 23.8 Å². The average Bonchev–Trinajstić information content (AvgIpc) is 3.22. The first-order valence-corrected chi connectivity index (χ1v) is 10.0. The van der Waals surface area contributed by atoms with Gasteiger partial charge in [0, 0.05) is 36.0 Å². The molecule has 28 heavy (non-hydrogen) atoms. The lowest BCUT2D eigenvalue weighted by Gasteiger charge is -2.29. The Balaban J connectivity index is 1.79. The molecule has 150 valence electrons. The van der Waals surface area contributed by atoms with Crippen LogP contribution in [0.2, 0.25) is 5.02 Å². The summed E-state index contributed by atoms with van der Waals surface area (Å²) < 4.78 is 16.7. The quantitative estimate of drug-likeness (QED) is 0.653. The van der Waals surface area contributed by atoms with Crippen LogP contribution in [-0.2, 0) is 11.3 Å². The third-order valence-corrected chi connectivity index (χ3v) is 5.29. The molecule has 0 aliphatic carbocycles. The Morgan fingerprint density at radius 1 is 1.21 bits per heavy atom. The van der Waals surface area contributed by atoms with Crippen molar-refractivity contribution in [2.45, 2.75) is 25.5 Å². The first-order valence-electron chi connectivity index (χ1n) is 9.23. The van der Waals surface area contributed by atoms with Gasteiger partial charge in [0.2, 0.25) is 0 Å². The van der Waals surface area contributed by atoms with E-state index in [2.05, 4.69) is 10.2 Å². The van der Waals surface area contributed by atoms with Gasteiger partial charge in [-0.1, -0.05) is 11.6 Å². The lowest BCUT2D eigenvalue weighted by Crippen LogP contribution is -2.39. The zero-order valence-electron chi connectivity index (χ0n) is 16.1. The number of anilines is 1. The van der Waals surface area contributed by atoms with Gasteiger partial charge in [0.1, 0.15) is 11.5 Å². The van der Waals surface area contributed by atoms with Crippen molar-refractivity contribution in [1.29, 1.82) is 0 Å².